The third-order valence-corrected chi connectivity index (χ3v) is 4.22. The van der Waals surface area contributed by atoms with Gasteiger partial charge in [-0.05, 0) is 42.1 Å². The number of carbonyl (C=O) groups is 1. The first-order chi connectivity index (χ1) is 11.7. The van der Waals surface area contributed by atoms with E-state index in [1.807, 2.05) is 27.7 Å². The fourth-order valence-electron chi connectivity index (χ4n) is 2.85. The summed E-state index contributed by atoms with van der Waals surface area (Å²) in [5, 5.41) is 4.38. The van der Waals surface area contributed by atoms with Crippen LogP contribution in [0.25, 0.3) is 5.69 Å². The van der Waals surface area contributed by atoms with Gasteiger partial charge in [0.25, 0.3) is 5.91 Å². The maximum Gasteiger partial charge on any atom is 0.257 e. The predicted octanol–water partition coefficient (Wildman–Crippen LogP) is 3.61. The van der Waals surface area contributed by atoms with Crippen LogP contribution in [0.3, 0.4) is 0 Å². The highest BCUT2D eigenvalue weighted by Gasteiger charge is 2.26. The third-order valence-electron chi connectivity index (χ3n) is 4.22. The summed E-state index contributed by atoms with van der Waals surface area (Å²) < 4.78 is 14.9. The summed E-state index contributed by atoms with van der Waals surface area (Å²) in [6.07, 6.45) is 1.59. The number of hydrogen-bond acceptors (Lipinski definition) is 3. The number of benzene rings is 1. The molecular weight excluding hydrogens is 355 g/mol. The van der Waals surface area contributed by atoms with Crippen LogP contribution in [-0.2, 0) is 0 Å². The molecule has 5 nitrogen and oxygen atoms in total. The minimum Gasteiger partial charge on any atom is -0.341 e. The molecule has 0 aliphatic heterocycles. The Kier molecular flexibility index (Phi) is 7.35. The molecule has 2 aromatic rings. The van der Waals surface area contributed by atoms with E-state index in [4.69, 9.17) is 5.73 Å². The normalized spacial score (nSPS) is 11.4. The molecule has 0 unspecified atom stereocenters. The van der Waals surface area contributed by atoms with Crippen molar-refractivity contribution in [2.45, 2.75) is 33.6 Å². The van der Waals surface area contributed by atoms with E-state index >= 15 is 0 Å². The minimum absolute atomic E-state index is 0. The third kappa shape index (κ3) is 4.83. The highest BCUT2D eigenvalue weighted by atomic mass is 35.5. The van der Waals surface area contributed by atoms with Crippen molar-refractivity contribution in [1.29, 1.82) is 0 Å². The summed E-state index contributed by atoms with van der Waals surface area (Å²) >= 11 is 0. The molecule has 0 saturated carbocycles. The quantitative estimate of drug-likeness (QED) is 0.829. The Labute approximate surface area is 160 Å². The summed E-state index contributed by atoms with van der Waals surface area (Å²) in [5.41, 5.74) is 7.73. The van der Waals surface area contributed by atoms with E-state index in [9.17, 15) is 9.18 Å². The summed E-state index contributed by atoms with van der Waals surface area (Å²) in [5.74, 6) is -0.303. The SMILES string of the molecule is CC(C)c1c(C(=O)N(C)CC(C)(C)CN)cnn1-c1ccc(F)cc1.Cl. The van der Waals surface area contributed by atoms with Crippen LogP contribution in [0.5, 0.6) is 0 Å². The molecule has 26 heavy (non-hydrogen) atoms. The van der Waals surface area contributed by atoms with Crippen molar-refractivity contribution in [3.8, 4) is 5.69 Å². The second-order valence-electron chi connectivity index (χ2n) is 7.52. The molecule has 2 rings (SSSR count). The predicted molar refractivity (Wildman–Crippen MR) is 105 cm³/mol. The van der Waals surface area contributed by atoms with Crippen LogP contribution in [-0.4, -0.2) is 40.7 Å². The van der Waals surface area contributed by atoms with Crippen LogP contribution >= 0.6 is 12.4 Å². The average Bonchev–Trinajstić information content (AvgIpc) is 2.99. The van der Waals surface area contributed by atoms with Gasteiger partial charge in [0.15, 0.2) is 0 Å². The fraction of sp³-hybridized carbons (Fsp3) is 0.474. The van der Waals surface area contributed by atoms with Crippen molar-refractivity contribution in [2.24, 2.45) is 11.1 Å². The van der Waals surface area contributed by atoms with Crippen molar-refractivity contribution in [2.75, 3.05) is 20.1 Å². The van der Waals surface area contributed by atoms with Gasteiger partial charge >= 0.3 is 0 Å². The first kappa shape index (κ1) is 22.1. The molecule has 0 aliphatic rings. The van der Waals surface area contributed by atoms with Gasteiger partial charge in [-0.2, -0.15) is 5.10 Å². The number of hydrogen-bond donors (Lipinski definition) is 1. The van der Waals surface area contributed by atoms with Gasteiger partial charge in [-0.25, -0.2) is 9.07 Å². The molecule has 1 aromatic heterocycles. The van der Waals surface area contributed by atoms with E-state index in [2.05, 4.69) is 5.10 Å². The van der Waals surface area contributed by atoms with Crippen molar-refractivity contribution >= 4 is 18.3 Å². The Hall–Kier alpha value is -1.92. The average molecular weight is 383 g/mol. The Morgan fingerprint density at radius 3 is 2.38 bits per heavy atom. The van der Waals surface area contributed by atoms with Crippen molar-refractivity contribution in [3.63, 3.8) is 0 Å². The largest absolute Gasteiger partial charge is 0.341 e. The summed E-state index contributed by atoms with van der Waals surface area (Å²) in [4.78, 5) is 14.6. The van der Waals surface area contributed by atoms with Gasteiger partial charge in [-0.1, -0.05) is 27.7 Å². The second kappa shape index (κ2) is 8.64. The van der Waals surface area contributed by atoms with Crippen molar-refractivity contribution in [3.05, 3.63) is 47.5 Å². The van der Waals surface area contributed by atoms with Gasteiger partial charge in [0, 0.05) is 13.6 Å². The zero-order chi connectivity index (χ0) is 18.8. The number of halogens is 2. The molecule has 0 radical (unpaired) electrons. The summed E-state index contributed by atoms with van der Waals surface area (Å²) in [6, 6.07) is 6.09. The second-order valence-corrected chi connectivity index (χ2v) is 7.52. The molecule has 144 valence electrons. The molecule has 0 spiro atoms. The molecule has 2 N–H and O–H groups in total. The Morgan fingerprint density at radius 1 is 1.31 bits per heavy atom. The fourth-order valence-corrected chi connectivity index (χ4v) is 2.85. The molecule has 0 fully saturated rings. The van der Waals surface area contributed by atoms with Crippen LogP contribution in [0.15, 0.2) is 30.5 Å². The van der Waals surface area contributed by atoms with Crippen LogP contribution in [0.1, 0.15) is 49.7 Å². The lowest BCUT2D eigenvalue weighted by atomic mass is 9.93. The first-order valence-electron chi connectivity index (χ1n) is 8.45. The van der Waals surface area contributed by atoms with E-state index in [0.717, 1.165) is 11.4 Å². The summed E-state index contributed by atoms with van der Waals surface area (Å²) in [6.45, 7) is 9.14. The van der Waals surface area contributed by atoms with Crippen LogP contribution in [0.4, 0.5) is 4.39 Å². The molecule has 1 amide bonds. The zero-order valence-electron chi connectivity index (χ0n) is 16.0. The van der Waals surface area contributed by atoms with Gasteiger partial charge in [0.1, 0.15) is 5.82 Å². The lowest BCUT2D eigenvalue weighted by molar-refractivity contribution is 0.0739. The zero-order valence-corrected chi connectivity index (χ0v) is 16.8. The molecule has 1 aromatic carbocycles. The van der Waals surface area contributed by atoms with E-state index in [0.29, 0.717) is 18.7 Å². The van der Waals surface area contributed by atoms with E-state index in [-0.39, 0.29) is 35.5 Å². The van der Waals surface area contributed by atoms with Gasteiger partial charge < -0.3 is 10.6 Å². The molecule has 7 heteroatoms. The number of nitrogens with two attached hydrogens (primary N) is 1. The van der Waals surface area contributed by atoms with Gasteiger partial charge in [-0.15, -0.1) is 12.4 Å². The number of amides is 1. The molecule has 0 saturated heterocycles. The lowest BCUT2D eigenvalue weighted by Gasteiger charge is -2.29. The maximum absolute atomic E-state index is 13.2. The number of carbonyl (C=O) groups excluding carboxylic acids is 1. The number of aromatic nitrogens is 2. The van der Waals surface area contributed by atoms with E-state index < -0.39 is 0 Å². The molecule has 0 atom stereocenters. The topological polar surface area (TPSA) is 64.2 Å². The summed E-state index contributed by atoms with van der Waals surface area (Å²) in [7, 11) is 1.78. The van der Waals surface area contributed by atoms with Crippen molar-refractivity contribution < 1.29 is 9.18 Å². The first-order valence-corrected chi connectivity index (χ1v) is 8.45. The molecular formula is C19H28ClFN4O. The Balaban J connectivity index is 0.00000338. The molecule has 0 aliphatic carbocycles. The van der Waals surface area contributed by atoms with Crippen LogP contribution in [0.2, 0.25) is 0 Å². The Bertz CT molecular complexity index is 740. The van der Waals surface area contributed by atoms with Gasteiger partial charge in [0.05, 0.1) is 23.1 Å². The maximum atomic E-state index is 13.2. The van der Waals surface area contributed by atoms with Gasteiger partial charge in [-0.3, -0.25) is 4.79 Å². The highest BCUT2D eigenvalue weighted by Crippen LogP contribution is 2.25. The molecule has 0 bridgehead atoms. The number of rotatable bonds is 6. The Morgan fingerprint density at radius 2 is 1.88 bits per heavy atom. The lowest BCUT2D eigenvalue weighted by Crippen LogP contribution is -2.40. The van der Waals surface area contributed by atoms with Crippen LogP contribution < -0.4 is 5.73 Å². The highest BCUT2D eigenvalue weighted by molar-refractivity contribution is 5.95. The standard InChI is InChI=1S/C19H27FN4O.ClH/c1-13(2)17-16(18(25)23(5)12-19(3,4)11-21)10-22-24(17)15-8-6-14(20)7-9-15;/h6-10,13H,11-12,21H2,1-5H3;1H. The van der Waals surface area contributed by atoms with Gasteiger partial charge in [0.2, 0.25) is 0 Å². The number of nitrogens with zero attached hydrogens (tertiary/aromatic N) is 3. The van der Waals surface area contributed by atoms with Crippen molar-refractivity contribution in [1.82, 2.24) is 14.7 Å². The molecule has 1 heterocycles. The smallest absolute Gasteiger partial charge is 0.257 e. The minimum atomic E-state index is -0.304. The van der Waals surface area contributed by atoms with E-state index in [1.165, 1.54) is 12.1 Å². The van der Waals surface area contributed by atoms with Crippen LogP contribution in [0, 0.1) is 11.2 Å². The monoisotopic (exact) mass is 382 g/mol. The van der Waals surface area contributed by atoms with E-state index in [1.54, 1.807) is 35.0 Å².